The highest BCUT2D eigenvalue weighted by molar-refractivity contribution is 6.04. The van der Waals surface area contributed by atoms with E-state index in [2.05, 4.69) is 10.3 Å². The van der Waals surface area contributed by atoms with E-state index in [0.717, 1.165) is 36.4 Å². The quantitative estimate of drug-likeness (QED) is 0.379. The van der Waals surface area contributed by atoms with E-state index in [1.807, 2.05) is 0 Å². The van der Waals surface area contributed by atoms with Crippen LogP contribution in [0.25, 0.3) is 10.9 Å². The van der Waals surface area contributed by atoms with Gasteiger partial charge in [-0.15, -0.1) is 0 Å². The predicted molar refractivity (Wildman–Crippen MR) is 121 cm³/mol. The normalized spacial score (nSPS) is 13.3. The Labute approximate surface area is 207 Å². The Balaban J connectivity index is 2.07. The van der Waals surface area contributed by atoms with Gasteiger partial charge in [0.1, 0.15) is 23.9 Å². The first-order valence-electron chi connectivity index (χ1n) is 10.8. The van der Waals surface area contributed by atoms with Crippen LogP contribution in [0.1, 0.15) is 48.0 Å². The lowest BCUT2D eigenvalue weighted by molar-refractivity contribution is -0.142. The lowest BCUT2D eigenvalue weighted by Crippen LogP contribution is -2.49. The Bertz CT molecular complexity index is 1310. The van der Waals surface area contributed by atoms with Crippen molar-refractivity contribution in [3.8, 4) is 5.75 Å². The van der Waals surface area contributed by atoms with Crippen molar-refractivity contribution in [1.29, 1.82) is 0 Å². The molecule has 1 aromatic heterocycles. The van der Waals surface area contributed by atoms with E-state index >= 15 is 0 Å². The minimum absolute atomic E-state index is 0.192. The second-order valence-electron chi connectivity index (χ2n) is 9.30. The highest BCUT2D eigenvalue weighted by Gasteiger charge is 2.35. The first-order valence-corrected chi connectivity index (χ1v) is 10.8. The zero-order chi connectivity index (χ0) is 27.8. The van der Waals surface area contributed by atoms with E-state index in [-0.39, 0.29) is 27.8 Å². The molecule has 0 saturated carbocycles. The maximum Gasteiger partial charge on any atom is 0.433 e. The molecule has 0 fully saturated rings. The van der Waals surface area contributed by atoms with Crippen LogP contribution in [0.4, 0.5) is 26.3 Å². The molecule has 6 nitrogen and oxygen atoms in total. The summed E-state index contributed by atoms with van der Waals surface area (Å²) >= 11 is 0. The number of benzene rings is 2. The summed E-state index contributed by atoms with van der Waals surface area (Å²) in [6.07, 6.45) is -9.37. The van der Waals surface area contributed by atoms with Crippen molar-refractivity contribution in [2.45, 2.75) is 45.8 Å². The van der Waals surface area contributed by atoms with Crippen LogP contribution in [0.2, 0.25) is 0 Å². The van der Waals surface area contributed by atoms with Gasteiger partial charge in [-0.25, -0.2) is 9.78 Å². The number of carbonyl (C=O) groups is 2. The van der Waals surface area contributed by atoms with E-state index in [0.29, 0.717) is 0 Å². The Morgan fingerprint density at radius 1 is 0.919 bits per heavy atom. The topological polar surface area (TPSA) is 88.5 Å². The summed E-state index contributed by atoms with van der Waals surface area (Å²) in [5.74, 6) is -2.64. The number of aliphatic carboxylic acids is 1. The van der Waals surface area contributed by atoms with Gasteiger partial charge in [0.25, 0.3) is 5.91 Å². The fraction of sp³-hybridized carbons (Fsp3) is 0.320. The van der Waals surface area contributed by atoms with Crippen LogP contribution >= 0.6 is 0 Å². The first kappa shape index (κ1) is 27.8. The third kappa shape index (κ3) is 6.49. The van der Waals surface area contributed by atoms with Crippen molar-refractivity contribution < 1.29 is 45.8 Å². The van der Waals surface area contributed by atoms with E-state index in [4.69, 9.17) is 4.74 Å². The van der Waals surface area contributed by atoms with Gasteiger partial charge in [0, 0.05) is 5.39 Å². The molecule has 198 valence electrons. The lowest BCUT2D eigenvalue weighted by atomic mass is 9.86. The number of pyridine rings is 1. The Kier molecular flexibility index (Phi) is 7.43. The summed E-state index contributed by atoms with van der Waals surface area (Å²) < 4.78 is 84.2. The number of hydrogen-bond donors (Lipinski definition) is 2. The molecular weight excluding hydrogens is 506 g/mol. The molecule has 0 radical (unpaired) electrons. The van der Waals surface area contributed by atoms with Gasteiger partial charge < -0.3 is 15.2 Å². The summed E-state index contributed by atoms with van der Waals surface area (Å²) in [5, 5.41) is 12.1. The molecule has 0 unspecified atom stereocenters. The van der Waals surface area contributed by atoms with Crippen LogP contribution in [0.5, 0.6) is 5.75 Å². The van der Waals surface area contributed by atoms with Crippen molar-refractivity contribution in [1.82, 2.24) is 10.3 Å². The van der Waals surface area contributed by atoms with Crippen molar-refractivity contribution in [3.63, 3.8) is 0 Å². The van der Waals surface area contributed by atoms with E-state index in [9.17, 15) is 41.0 Å². The number of fused-ring (bicyclic) bond motifs is 1. The summed E-state index contributed by atoms with van der Waals surface area (Å²) in [6, 6.07) is 6.99. The van der Waals surface area contributed by atoms with Gasteiger partial charge in [0.15, 0.2) is 5.75 Å². The molecule has 1 amide bonds. The first-order chi connectivity index (χ1) is 17.0. The monoisotopic (exact) mass is 528 g/mol. The highest BCUT2D eigenvalue weighted by Crippen LogP contribution is 2.35. The van der Waals surface area contributed by atoms with Crippen molar-refractivity contribution in [3.05, 3.63) is 70.9 Å². The molecule has 0 saturated heterocycles. The zero-order valence-corrected chi connectivity index (χ0v) is 19.8. The van der Waals surface area contributed by atoms with Crippen LogP contribution < -0.4 is 10.1 Å². The van der Waals surface area contributed by atoms with E-state index in [1.54, 1.807) is 20.8 Å². The van der Waals surface area contributed by atoms with E-state index < -0.39 is 53.6 Å². The predicted octanol–water partition coefficient (Wildman–Crippen LogP) is 6.08. The number of carbonyl (C=O) groups excluding carboxylic acids is 1. The number of carboxylic acids is 1. The number of carboxylic acid groups (broad SMARTS) is 1. The summed E-state index contributed by atoms with van der Waals surface area (Å²) in [7, 11) is 0. The third-order valence-electron chi connectivity index (χ3n) is 5.40. The average Bonchev–Trinajstić information content (AvgIpc) is 2.78. The number of halogens is 6. The van der Waals surface area contributed by atoms with Crippen LogP contribution in [0, 0.1) is 5.41 Å². The second-order valence-corrected chi connectivity index (χ2v) is 9.30. The van der Waals surface area contributed by atoms with Crippen molar-refractivity contribution in [2.75, 3.05) is 0 Å². The van der Waals surface area contributed by atoms with Crippen molar-refractivity contribution in [2.24, 2.45) is 5.41 Å². The summed E-state index contributed by atoms with van der Waals surface area (Å²) in [4.78, 5) is 28.4. The van der Waals surface area contributed by atoms with Crippen LogP contribution in [-0.2, 0) is 23.8 Å². The molecule has 3 rings (SSSR count). The molecule has 3 aromatic rings. The maximum absolute atomic E-state index is 13.3. The van der Waals surface area contributed by atoms with Crippen LogP contribution in [0.15, 0.2) is 48.5 Å². The molecule has 1 atom stereocenters. The Hall–Kier alpha value is -3.83. The molecule has 2 N–H and O–H groups in total. The molecule has 0 aliphatic heterocycles. The molecular formula is C25H22F6N2O4. The van der Waals surface area contributed by atoms with Gasteiger partial charge in [-0.3, -0.25) is 4.79 Å². The number of amides is 1. The smallest absolute Gasteiger partial charge is 0.433 e. The summed E-state index contributed by atoms with van der Waals surface area (Å²) in [5.41, 5.74) is -3.45. The number of nitrogens with zero attached hydrogens (tertiary/aromatic N) is 1. The standard InChI is InChI=1S/C25H22F6N2O4/c1-23(2,3)20(22(35)36)33-21(34)16-10-6-14-7-11-17(25(29,30)31)32-18(14)19(16)37-12-13-4-8-15(9-5-13)24(26,27)28/h4-11,20H,12H2,1-3H3,(H,33,34)(H,35,36)/t20-/m1/s1. The van der Waals surface area contributed by atoms with E-state index in [1.165, 1.54) is 12.1 Å². The molecule has 0 bridgehead atoms. The number of nitrogens with one attached hydrogen (secondary N) is 1. The van der Waals surface area contributed by atoms with Crippen LogP contribution in [-0.4, -0.2) is 28.0 Å². The number of hydrogen-bond acceptors (Lipinski definition) is 4. The van der Waals surface area contributed by atoms with Gasteiger partial charge in [-0.2, -0.15) is 26.3 Å². The van der Waals surface area contributed by atoms with Gasteiger partial charge in [-0.05, 0) is 35.2 Å². The van der Waals surface area contributed by atoms with Crippen molar-refractivity contribution >= 4 is 22.8 Å². The SMILES string of the molecule is CC(C)(C)[C@H](NC(=O)c1ccc2ccc(C(F)(F)F)nc2c1OCc1ccc(C(F)(F)F)cc1)C(=O)O. The molecule has 2 aromatic carbocycles. The molecule has 0 aliphatic carbocycles. The number of aromatic nitrogens is 1. The van der Waals surface area contributed by atoms with Gasteiger partial charge in [-0.1, -0.05) is 45.0 Å². The number of rotatable bonds is 6. The minimum Gasteiger partial charge on any atom is -0.486 e. The molecule has 1 heterocycles. The fourth-order valence-corrected chi connectivity index (χ4v) is 3.45. The zero-order valence-electron chi connectivity index (χ0n) is 19.8. The molecule has 0 spiro atoms. The number of alkyl halides is 6. The lowest BCUT2D eigenvalue weighted by Gasteiger charge is -2.28. The minimum atomic E-state index is -4.81. The van der Waals surface area contributed by atoms with Gasteiger partial charge in [0.05, 0.1) is 11.1 Å². The third-order valence-corrected chi connectivity index (χ3v) is 5.40. The van der Waals surface area contributed by atoms with Crippen LogP contribution in [0.3, 0.4) is 0 Å². The Morgan fingerprint density at radius 3 is 2.03 bits per heavy atom. The fourth-order valence-electron chi connectivity index (χ4n) is 3.45. The molecule has 37 heavy (non-hydrogen) atoms. The van der Waals surface area contributed by atoms with Gasteiger partial charge in [0.2, 0.25) is 0 Å². The molecule has 12 heteroatoms. The largest absolute Gasteiger partial charge is 0.486 e. The Morgan fingerprint density at radius 2 is 1.51 bits per heavy atom. The highest BCUT2D eigenvalue weighted by atomic mass is 19.4. The van der Waals surface area contributed by atoms with Gasteiger partial charge >= 0.3 is 18.3 Å². The number of ether oxygens (including phenoxy) is 1. The summed E-state index contributed by atoms with van der Waals surface area (Å²) in [6.45, 7) is 4.32. The molecule has 0 aliphatic rings. The second kappa shape index (κ2) is 9.91. The average molecular weight is 528 g/mol. The maximum atomic E-state index is 13.3.